The van der Waals surface area contributed by atoms with Crippen LogP contribution in [0.2, 0.25) is 0 Å². The van der Waals surface area contributed by atoms with E-state index in [9.17, 15) is 4.79 Å². The maximum Gasteiger partial charge on any atom is 0.275 e. The highest BCUT2D eigenvalue weighted by atomic mass is 35.5. The smallest absolute Gasteiger partial charge is 0.275 e. The van der Waals surface area contributed by atoms with Crippen molar-refractivity contribution in [2.75, 3.05) is 5.32 Å². The molecule has 0 spiro atoms. The van der Waals surface area contributed by atoms with Crippen LogP contribution in [0.5, 0.6) is 0 Å². The quantitative estimate of drug-likeness (QED) is 0.902. The summed E-state index contributed by atoms with van der Waals surface area (Å²) in [4.78, 5) is 24.6. The van der Waals surface area contributed by atoms with E-state index >= 15 is 0 Å². The van der Waals surface area contributed by atoms with Gasteiger partial charge >= 0.3 is 0 Å². The van der Waals surface area contributed by atoms with Crippen molar-refractivity contribution >= 4 is 35.3 Å². The summed E-state index contributed by atoms with van der Waals surface area (Å²) >= 11 is 1.37. The number of nitrogens with zero attached hydrogens (tertiary/aromatic N) is 3. The standard InChI is InChI=1S/C13H17N5OS.ClH/c1-13(2,3)12-15-5-8(6-16-12)17-11(19)9-7-20-10(4-14)18-9;/h5-7H,4,14H2,1-3H3,(H,17,19);1H. The summed E-state index contributed by atoms with van der Waals surface area (Å²) in [5, 5.41) is 5.13. The highest BCUT2D eigenvalue weighted by Gasteiger charge is 2.17. The lowest BCUT2D eigenvalue weighted by atomic mass is 9.96. The third kappa shape index (κ3) is 4.45. The van der Waals surface area contributed by atoms with Gasteiger partial charge in [-0.15, -0.1) is 23.7 Å². The number of thiazole rings is 1. The molecule has 0 saturated carbocycles. The van der Waals surface area contributed by atoms with E-state index in [-0.39, 0.29) is 23.7 Å². The van der Waals surface area contributed by atoms with Crippen LogP contribution < -0.4 is 11.1 Å². The second kappa shape index (κ2) is 6.93. The monoisotopic (exact) mass is 327 g/mol. The molecule has 0 aliphatic carbocycles. The van der Waals surface area contributed by atoms with Crippen LogP contribution in [0.3, 0.4) is 0 Å². The molecule has 2 heterocycles. The minimum atomic E-state index is -0.284. The van der Waals surface area contributed by atoms with Gasteiger partial charge in [0, 0.05) is 17.3 Å². The van der Waals surface area contributed by atoms with Gasteiger partial charge in [-0.1, -0.05) is 20.8 Å². The fraction of sp³-hybridized carbons (Fsp3) is 0.385. The Hall–Kier alpha value is -1.57. The van der Waals surface area contributed by atoms with E-state index in [1.165, 1.54) is 11.3 Å². The van der Waals surface area contributed by atoms with Gasteiger partial charge in [-0.2, -0.15) is 0 Å². The lowest BCUT2D eigenvalue weighted by Crippen LogP contribution is -2.17. The molecule has 8 heteroatoms. The number of hydrogen-bond donors (Lipinski definition) is 2. The summed E-state index contributed by atoms with van der Waals surface area (Å²) in [6.45, 7) is 6.43. The largest absolute Gasteiger partial charge is 0.325 e. The van der Waals surface area contributed by atoms with Gasteiger partial charge in [-0.3, -0.25) is 4.79 Å². The summed E-state index contributed by atoms with van der Waals surface area (Å²) in [5.74, 6) is 0.447. The molecule has 3 N–H and O–H groups in total. The first-order valence-corrected chi connectivity index (χ1v) is 7.06. The SMILES string of the molecule is CC(C)(C)c1ncc(NC(=O)c2csc(CN)n2)cn1.Cl. The number of amides is 1. The molecule has 0 bridgehead atoms. The Morgan fingerprint density at radius 2 is 1.95 bits per heavy atom. The Labute approximate surface area is 133 Å². The van der Waals surface area contributed by atoms with E-state index < -0.39 is 0 Å². The number of nitrogens with two attached hydrogens (primary N) is 1. The molecule has 0 aliphatic rings. The Balaban J connectivity index is 0.00000220. The summed E-state index contributed by atoms with van der Waals surface area (Å²) in [6.07, 6.45) is 3.20. The van der Waals surface area contributed by atoms with Crippen molar-refractivity contribution in [2.45, 2.75) is 32.7 Å². The van der Waals surface area contributed by atoms with Gasteiger partial charge in [-0.25, -0.2) is 15.0 Å². The molecule has 0 saturated heterocycles. The first-order valence-electron chi connectivity index (χ1n) is 6.18. The molecule has 0 aromatic carbocycles. The van der Waals surface area contributed by atoms with Gasteiger partial charge in [-0.05, 0) is 0 Å². The van der Waals surface area contributed by atoms with Crippen molar-refractivity contribution in [2.24, 2.45) is 5.73 Å². The fourth-order valence-corrected chi connectivity index (χ4v) is 2.14. The predicted molar refractivity (Wildman–Crippen MR) is 85.9 cm³/mol. The fourth-order valence-electron chi connectivity index (χ4n) is 1.48. The number of carbonyl (C=O) groups is 1. The zero-order chi connectivity index (χ0) is 14.8. The molecule has 0 atom stereocenters. The summed E-state index contributed by atoms with van der Waals surface area (Å²) in [6, 6.07) is 0. The third-order valence-corrected chi connectivity index (χ3v) is 3.41. The number of anilines is 1. The maximum absolute atomic E-state index is 12.0. The minimum absolute atomic E-state index is 0. The number of nitrogens with one attached hydrogen (secondary N) is 1. The van der Waals surface area contributed by atoms with Gasteiger partial charge in [0.2, 0.25) is 0 Å². The number of carbonyl (C=O) groups excluding carboxylic acids is 1. The van der Waals surface area contributed by atoms with Gasteiger partial charge in [0.05, 0.1) is 18.1 Å². The second-order valence-corrected chi connectivity index (χ2v) is 6.27. The van der Waals surface area contributed by atoms with E-state index in [1.54, 1.807) is 17.8 Å². The average Bonchev–Trinajstić information content (AvgIpc) is 2.87. The van der Waals surface area contributed by atoms with Crippen molar-refractivity contribution in [3.05, 3.63) is 34.3 Å². The zero-order valence-corrected chi connectivity index (χ0v) is 13.7. The van der Waals surface area contributed by atoms with Crippen molar-refractivity contribution in [3.63, 3.8) is 0 Å². The number of aromatic nitrogens is 3. The molecule has 0 aliphatic heterocycles. The highest BCUT2D eigenvalue weighted by molar-refractivity contribution is 7.09. The number of rotatable bonds is 3. The van der Waals surface area contributed by atoms with Crippen LogP contribution in [0.4, 0.5) is 5.69 Å². The van der Waals surface area contributed by atoms with Gasteiger partial charge < -0.3 is 11.1 Å². The predicted octanol–water partition coefficient (Wildman–Crippen LogP) is 2.36. The van der Waals surface area contributed by atoms with E-state index in [4.69, 9.17) is 5.73 Å². The minimum Gasteiger partial charge on any atom is -0.325 e. The van der Waals surface area contributed by atoms with Gasteiger partial charge in [0.15, 0.2) is 0 Å². The molecule has 2 rings (SSSR count). The van der Waals surface area contributed by atoms with Crippen LogP contribution in [0, 0.1) is 0 Å². The average molecular weight is 328 g/mol. The van der Waals surface area contributed by atoms with E-state index in [2.05, 4.69) is 20.3 Å². The molecular weight excluding hydrogens is 310 g/mol. The molecule has 2 aromatic rings. The van der Waals surface area contributed by atoms with Crippen LogP contribution in [0.25, 0.3) is 0 Å². The van der Waals surface area contributed by atoms with Gasteiger partial charge in [0.1, 0.15) is 16.5 Å². The summed E-state index contributed by atoms with van der Waals surface area (Å²) < 4.78 is 0. The topological polar surface area (TPSA) is 93.8 Å². The number of halogens is 1. The molecule has 114 valence electrons. The van der Waals surface area contributed by atoms with E-state index in [1.807, 2.05) is 20.8 Å². The van der Waals surface area contributed by atoms with Crippen molar-refractivity contribution < 1.29 is 4.79 Å². The highest BCUT2D eigenvalue weighted by Crippen LogP contribution is 2.18. The molecule has 0 unspecified atom stereocenters. The third-order valence-electron chi connectivity index (χ3n) is 2.54. The summed E-state index contributed by atoms with van der Waals surface area (Å²) in [7, 11) is 0. The number of hydrogen-bond acceptors (Lipinski definition) is 6. The lowest BCUT2D eigenvalue weighted by molar-refractivity contribution is 0.102. The van der Waals surface area contributed by atoms with Gasteiger partial charge in [0.25, 0.3) is 5.91 Å². The molecule has 21 heavy (non-hydrogen) atoms. The first kappa shape index (κ1) is 17.5. The molecule has 6 nitrogen and oxygen atoms in total. The van der Waals surface area contributed by atoms with Crippen LogP contribution >= 0.6 is 23.7 Å². The van der Waals surface area contributed by atoms with Crippen LogP contribution in [0.15, 0.2) is 17.8 Å². The van der Waals surface area contributed by atoms with Crippen LogP contribution in [-0.4, -0.2) is 20.9 Å². The molecule has 2 aromatic heterocycles. The van der Waals surface area contributed by atoms with Crippen LogP contribution in [0.1, 0.15) is 42.1 Å². The van der Waals surface area contributed by atoms with Crippen molar-refractivity contribution in [1.82, 2.24) is 15.0 Å². The Morgan fingerprint density at radius 1 is 1.33 bits per heavy atom. The Morgan fingerprint density at radius 3 is 2.43 bits per heavy atom. The van der Waals surface area contributed by atoms with Crippen molar-refractivity contribution in [3.8, 4) is 0 Å². The van der Waals surface area contributed by atoms with E-state index in [0.717, 1.165) is 10.8 Å². The Bertz CT molecular complexity index is 606. The molecular formula is C13H18ClN5OS. The normalized spacial score (nSPS) is 10.9. The first-order chi connectivity index (χ1) is 9.40. The lowest BCUT2D eigenvalue weighted by Gasteiger charge is -2.16. The Kier molecular flexibility index (Phi) is 5.77. The second-order valence-electron chi connectivity index (χ2n) is 5.33. The maximum atomic E-state index is 12.0. The summed E-state index contributed by atoms with van der Waals surface area (Å²) in [5.41, 5.74) is 6.26. The molecule has 1 amide bonds. The van der Waals surface area contributed by atoms with E-state index in [0.29, 0.717) is 17.9 Å². The molecule has 0 radical (unpaired) electrons. The zero-order valence-electron chi connectivity index (χ0n) is 12.1. The van der Waals surface area contributed by atoms with Crippen molar-refractivity contribution in [1.29, 1.82) is 0 Å². The van der Waals surface area contributed by atoms with Crippen LogP contribution in [-0.2, 0) is 12.0 Å². The molecule has 0 fully saturated rings.